The number of sulfonamides is 1. The van der Waals surface area contributed by atoms with Gasteiger partial charge in [0, 0.05) is 25.0 Å². The van der Waals surface area contributed by atoms with Gasteiger partial charge in [-0.15, -0.1) is 0 Å². The van der Waals surface area contributed by atoms with Gasteiger partial charge in [-0.3, -0.25) is 13.9 Å². The van der Waals surface area contributed by atoms with E-state index in [1.54, 1.807) is 13.0 Å². The van der Waals surface area contributed by atoms with Crippen molar-refractivity contribution in [2.75, 3.05) is 17.1 Å². The number of hydrogen-bond acceptors (Lipinski definition) is 4. The lowest BCUT2D eigenvalue weighted by atomic mass is 10.1. The molecule has 0 aliphatic carbocycles. The Morgan fingerprint density at radius 3 is 2.31 bits per heavy atom. The van der Waals surface area contributed by atoms with Gasteiger partial charge in [-0.1, -0.05) is 42.0 Å². The van der Waals surface area contributed by atoms with Crippen LogP contribution in [0.4, 0.5) is 10.1 Å². The fourth-order valence-corrected chi connectivity index (χ4v) is 4.67. The van der Waals surface area contributed by atoms with Gasteiger partial charge >= 0.3 is 0 Å². The van der Waals surface area contributed by atoms with Crippen molar-refractivity contribution >= 4 is 27.5 Å². The van der Waals surface area contributed by atoms with E-state index in [0.717, 1.165) is 21.7 Å². The second-order valence-corrected chi connectivity index (χ2v) is 11.7. The zero-order chi connectivity index (χ0) is 26.4. The molecule has 2 rings (SSSR count). The first-order valence-electron chi connectivity index (χ1n) is 11.6. The van der Waals surface area contributed by atoms with E-state index in [2.05, 4.69) is 5.32 Å². The molecular weight excluding hydrogens is 469 g/mol. The summed E-state index contributed by atoms with van der Waals surface area (Å²) >= 11 is 0. The van der Waals surface area contributed by atoms with Crippen molar-refractivity contribution in [2.45, 2.75) is 65.6 Å². The molecule has 192 valence electrons. The molecule has 0 aliphatic heterocycles. The summed E-state index contributed by atoms with van der Waals surface area (Å²) in [5, 5.41) is 2.91. The smallest absolute Gasteiger partial charge is 0.242 e. The van der Waals surface area contributed by atoms with E-state index in [0.29, 0.717) is 0 Å². The molecule has 2 aromatic rings. The van der Waals surface area contributed by atoms with E-state index in [1.807, 2.05) is 52.0 Å². The van der Waals surface area contributed by atoms with Gasteiger partial charge in [0.25, 0.3) is 0 Å². The molecule has 0 aliphatic rings. The zero-order valence-corrected chi connectivity index (χ0v) is 22.2. The van der Waals surface area contributed by atoms with Gasteiger partial charge in [0.2, 0.25) is 21.8 Å². The highest BCUT2D eigenvalue weighted by atomic mass is 32.2. The minimum atomic E-state index is -3.76. The van der Waals surface area contributed by atoms with Crippen LogP contribution in [0, 0.1) is 12.7 Å². The standard InChI is InChI=1S/C26H36FN3O4S/c1-19-11-9-12-21(17-19)18-29(20(2)25(32)28-26(3,4)5)24(31)15-10-16-30(35(6,33)34)23-14-8-7-13-22(23)27/h7-9,11-14,17,20H,10,15-16,18H2,1-6H3,(H,28,32)/t20-/m0/s1. The van der Waals surface area contributed by atoms with Gasteiger partial charge in [-0.2, -0.15) is 0 Å². The maximum absolute atomic E-state index is 14.3. The lowest BCUT2D eigenvalue weighted by Gasteiger charge is -2.32. The van der Waals surface area contributed by atoms with Crippen LogP contribution < -0.4 is 9.62 Å². The summed E-state index contributed by atoms with van der Waals surface area (Å²) in [4.78, 5) is 27.6. The number of para-hydroxylation sites is 1. The van der Waals surface area contributed by atoms with Crippen LogP contribution in [-0.4, -0.2) is 49.5 Å². The van der Waals surface area contributed by atoms with Gasteiger partial charge < -0.3 is 10.2 Å². The third-order valence-electron chi connectivity index (χ3n) is 5.37. The molecule has 0 aromatic heterocycles. The van der Waals surface area contributed by atoms with Crippen LogP contribution in [0.25, 0.3) is 0 Å². The maximum atomic E-state index is 14.3. The lowest BCUT2D eigenvalue weighted by Crippen LogP contribution is -2.52. The molecule has 0 spiro atoms. The van der Waals surface area contributed by atoms with E-state index in [-0.39, 0.29) is 43.4 Å². The number of carbonyl (C=O) groups is 2. The summed E-state index contributed by atoms with van der Waals surface area (Å²) in [6, 6.07) is 12.6. The molecule has 1 N–H and O–H groups in total. The molecule has 0 saturated heterocycles. The van der Waals surface area contributed by atoms with Crippen LogP contribution in [0.2, 0.25) is 0 Å². The first kappa shape index (κ1) is 28.3. The number of amides is 2. The Balaban J connectivity index is 2.20. The average Bonchev–Trinajstić information content (AvgIpc) is 2.73. The zero-order valence-electron chi connectivity index (χ0n) is 21.3. The molecule has 0 saturated carbocycles. The van der Waals surface area contributed by atoms with E-state index < -0.39 is 27.4 Å². The molecule has 35 heavy (non-hydrogen) atoms. The van der Waals surface area contributed by atoms with Crippen molar-refractivity contribution in [1.82, 2.24) is 10.2 Å². The third-order valence-corrected chi connectivity index (χ3v) is 6.55. The largest absolute Gasteiger partial charge is 0.350 e. The van der Waals surface area contributed by atoms with E-state index in [1.165, 1.54) is 23.1 Å². The number of aryl methyl sites for hydroxylation is 1. The molecular formula is C26H36FN3O4S. The molecule has 9 heteroatoms. The van der Waals surface area contributed by atoms with Crippen LogP contribution in [0.15, 0.2) is 48.5 Å². The predicted octanol–water partition coefficient (Wildman–Crippen LogP) is 4.01. The number of carbonyl (C=O) groups excluding carboxylic acids is 2. The Morgan fingerprint density at radius 1 is 1.09 bits per heavy atom. The molecule has 7 nitrogen and oxygen atoms in total. The molecule has 2 aromatic carbocycles. The van der Waals surface area contributed by atoms with Crippen LogP contribution in [-0.2, 0) is 26.2 Å². The summed E-state index contributed by atoms with van der Waals surface area (Å²) in [6.07, 6.45) is 1.17. The van der Waals surface area contributed by atoms with Crippen LogP contribution in [0.1, 0.15) is 51.7 Å². The van der Waals surface area contributed by atoms with Crippen LogP contribution in [0.3, 0.4) is 0 Å². The first-order chi connectivity index (χ1) is 16.2. The fraction of sp³-hybridized carbons (Fsp3) is 0.462. The Morgan fingerprint density at radius 2 is 1.74 bits per heavy atom. The minimum absolute atomic E-state index is 0.000569. The highest BCUT2D eigenvalue weighted by Gasteiger charge is 2.29. The van der Waals surface area contributed by atoms with E-state index >= 15 is 0 Å². The Bertz CT molecular complexity index is 1150. The fourth-order valence-electron chi connectivity index (χ4n) is 3.70. The van der Waals surface area contributed by atoms with Crippen molar-refractivity contribution in [3.05, 3.63) is 65.5 Å². The van der Waals surface area contributed by atoms with Crippen molar-refractivity contribution in [3.8, 4) is 0 Å². The SMILES string of the molecule is Cc1cccc(CN(C(=O)CCCN(c2ccccc2F)S(C)(=O)=O)[C@@H](C)C(=O)NC(C)(C)C)c1. The topological polar surface area (TPSA) is 86.8 Å². The average molecular weight is 506 g/mol. The number of nitrogens with zero attached hydrogens (tertiary/aromatic N) is 2. The third kappa shape index (κ3) is 8.65. The normalized spacial score (nSPS) is 12.7. The molecule has 0 unspecified atom stereocenters. The molecule has 0 heterocycles. The molecule has 2 amide bonds. The summed E-state index contributed by atoms with van der Waals surface area (Å²) < 4.78 is 39.8. The minimum Gasteiger partial charge on any atom is -0.350 e. The summed E-state index contributed by atoms with van der Waals surface area (Å²) in [5.74, 6) is -1.22. The summed E-state index contributed by atoms with van der Waals surface area (Å²) in [6.45, 7) is 9.41. The van der Waals surface area contributed by atoms with E-state index in [9.17, 15) is 22.4 Å². The first-order valence-corrected chi connectivity index (χ1v) is 13.4. The summed E-state index contributed by atoms with van der Waals surface area (Å²) in [7, 11) is -3.76. The number of hydrogen-bond donors (Lipinski definition) is 1. The molecule has 0 radical (unpaired) electrons. The highest BCUT2D eigenvalue weighted by molar-refractivity contribution is 7.92. The highest BCUT2D eigenvalue weighted by Crippen LogP contribution is 2.22. The summed E-state index contributed by atoms with van der Waals surface area (Å²) in [5.41, 5.74) is 1.41. The lowest BCUT2D eigenvalue weighted by molar-refractivity contribution is -0.141. The Kier molecular flexibility index (Phi) is 9.43. The van der Waals surface area contributed by atoms with Gasteiger partial charge in [-0.25, -0.2) is 12.8 Å². The maximum Gasteiger partial charge on any atom is 0.242 e. The van der Waals surface area contributed by atoms with Gasteiger partial charge in [0.05, 0.1) is 11.9 Å². The molecule has 0 fully saturated rings. The number of rotatable bonds is 10. The van der Waals surface area contributed by atoms with Crippen LogP contribution in [0.5, 0.6) is 0 Å². The van der Waals surface area contributed by atoms with Gasteiger partial charge in [-0.05, 0) is 58.7 Å². The second kappa shape index (κ2) is 11.7. The predicted molar refractivity (Wildman–Crippen MR) is 137 cm³/mol. The van der Waals surface area contributed by atoms with Crippen molar-refractivity contribution in [1.29, 1.82) is 0 Å². The van der Waals surface area contributed by atoms with Crippen molar-refractivity contribution in [3.63, 3.8) is 0 Å². The quantitative estimate of drug-likeness (QED) is 0.529. The van der Waals surface area contributed by atoms with Crippen molar-refractivity contribution in [2.24, 2.45) is 0 Å². The number of benzene rings is 2. The van der Waals surface area contributed by atoms with Crippen LogP contribution >= 0.6 is 0 Å². The van der Waals surface area contributed by atoms with Gasteiger partial charge in [0.1, 0.15) is 11.9 Å². The van der Waals surface area contributed by atoms with Gasteiger partial charge in [0.15, 0.2) is 0 Å². The van der Waals surface area contributed by atoms with Crippen molar-refractivity contribution < 1.29 is 22.4 Å². The molecule has 0 bridgehead atoms. The second-order valence-electron chi connectivity index (χ2n) is 9.82. The number of anilines is 1. The monoisotopic (exact) mass is 505 g/mol. The number of nitrogens with one attached hydrogen (secondary N) is 1. The Labute approximate surface area is 208 Å². The van der Waals surface area contributed by atoms with E-state index in [4.69, 9.17) is 0 Å². The number of halogens is 1. The Hall–Kier alpha value is -2.94. The molecule has 1 atom stereocenters.